The zero-order chi connectivity index (χ0) is 9.90. The maximum atomic E-state index is 11.6. The van der Waals surface area contributed by atoms with Gasteiger partial charge in [-0.15, -0.1) is 0 Å². The normalized spacial score (nSPS) is 21.5. The molecule has 13 heavy (non-hydrogen) atoms. The molecule has 1 rings (SSSR count). The van der Waals surface area contributed by atoms with Crippen LogP contribution in [0.4, 0.5) is 0 Å². The van der Waals surface area contributed by atoms with Gasteiger partial charge < -0.3 is 11.1 Å². The fourth-order valence-electron chi connectivity index (χ4n) is 1.25. The number of carbonyl (C=O) groups is 1. The van der Waals surface area contributed by atoms with E-state index in [2.05, 4.69) is 17.5 Å². The highest BCUT2D eigenvalue weighted by molar-refractivity contribution is 5.85. The summed E-state index contributed by atoms with van der Waals surface area (Å²) in [6, 6.07) is 0.266. The van der Waals surface area contributed by atoms with Crippen molar-refractivity contribution in [2.45, 2.75) is 44.7 Å². The molecule has 0 saturated carbocycles. The van der Waals surface area contributed by atoms with Crippen molar-refractivity contribution in [1.29, 1.82) is 0 Å². The molecule has 0 fully saturated rings. The summed E-state index contributed by atoms with van der Waals surface area (Å²) in [7, 11) is 0. The van der Waals surface area contributed by atoms with Crippen LogP contribution in [0.3, 0.4) is 0 Å². The zero-order valence-electron chi connectivity index (χ0n) is 8.34. The molecule has 0 aromatic carbocycles. The second-order valence-electron chi connectivity index (χ2n) is 3.88. The number of hydrogen-bond donors (Lipinski definition) is 2. The summed E-state index contributed by atoms with van der Waals surface area (Å²) < 4.78 is 0. The Morgan fingerprint density at radius 1 is 1.62 bits per heavy atom. The Balaban J connectivity index is 2.40. The number of amides is 1. The molecule has 1 atom stereocenters. The van der Waals surface area contributed by atoms with E-state index in [1.807, 2.05) is 6.92 Å². The predicted octanol–water partition coefficient (Wildman–Crippen LogP) is 0.949. The minimum absolute atomic E-state index is 0.0382. The van der Waals surface area contributed by atoms with Gasteiger partial charge in [0.1, 0.15) is 0 Å². The Labute approximate surface area is 79.4 Å². The van der Waals surface area contributed by atoms with Crippen LogP contribution in [0.1, 0.15) is 33.1 Å². The number of nitrogens with two attached hydrogens (primary N) is 1. The smallest absolute Gasteiger partial charge is 0.240 e. The highest BCUT2D eigenvalue weighted by Crippen LogP contribution is 2.11. The Morgan fingerprint density at radius 2 is 2.15 bits per heavy atom. The predicted molar refractivity (Wildman–Crippen MR) is 53.2 cm³/mol. The van der Waals surface area contributed by atoms with Gasteiger partial charge in [-0.2, -0.15) is 0 Å². The lowest BCUT2D eigenvalue weighted by atomic mass is 9.99. The maximum absolute atomic E-state index is 11.6. The second-order valence-corrected chi connectivity index (χ2v) is 3.88. The lowest BCUT2D eigenvalue weighted by Gasteiger charge is -2.24. The first kappa shape index (κ1) is 10.3. The molecule has 0 aliphatic heterocycles. The maximum Gasteiger partial charge on any atom is 0.240 e. The molecule has 0 radical (unpaired) electrons. The minimum atomic E-state index is -0.720. The first-order chi connectivity index (χ1) is 6.06. The van der Waals surface area contributed by atoms with Gasteiger partial charge in [-0.1, -0.05) is 19.1 Å². The van der Waals surface area contributed by atoms with Crippen molar-refractivity contribution in [1.82, 2.24) is 5.32 Å². The van der Waals surface area contributed by atoms with Crippen molar-refractivity contribution in [2.75, 3.05) is 0 Å². The van der Waals surface area contributed by atoms with Crippen molar-refractivity contribution in [3.05, 3.63) is 12.2 Å². The van der Waals surface area contributed by atoms with E-state index < -0.39 is 5.54 Å². The molecule has 3 N–H and O–H groups in total. The second kappa shape index (κ2) is 3.92. The molecule has 74 valence electrons. The van der Waals surface area contributed by atoms with Gasteiger partial charge in [0.05, 0.1) is 5.54 Å². The molecule has 0 heterocycles. The van der Waals surface area contributed by atoms with Crippen LogP contribution in [0.5, 0.6) is 0 Å². The number of hydrogen-bond acceptors (Lipinski definition) is 2. The molecule has 1 aliphatic rings. The third-order valence-corrected chi connectivity index (χ3v) is 2.60. The summed E-state index contributed by atoms with van der Waals surface area (Å²) in [6.45, 7) is 3.69. The van der Waals surface area contributed by atoms with E-state index in [1.165, 1.54) is 0 Å². The molecule has 3 heteroatoms. The molecule has 1 aliphatic carbocycles. The van der Waals surface area contributed by atoms with E-state index in [0.717, 1.165) is 12.8 Å². The van der Waals surface area contributed by atoms with Gasteiger partial charge in [0.2, 0.25) is 5.91 Å². The van der Waals surface area contributed by atoms with E-state index in [-0.39, 0.29) is 11.9 Å². The van der Waals surface area contributed by atoms with Crippen molar-refractivity contribution in [2.24, 2.45) is 5.73 Å². The van der Waals surface area contributed by atoms with Crippen LogP contribution in [0, 0.1) is 0 Å². The van der Waals surface area contributed by atoms with E-state index in [9.17, 15) is 4.79 Å². The quantitative estimate of drug-likeness (QED) is 0.638. The Bertz CT molecular complexity index is 213. The lowest BCUT2D eigenvalue weighted by Crippen LogP contribution is -2.53. The average molecular weight is 182 g/mol. The van der Waals surface area contributed by atoms with Crippen molar-refractivity contribution in [3.63, 3.8) is 0 Å². The van der Waals surface area contributed by atoms with E-state index in [1.54, 1.807) is 6.92 Å². The Kier molecular flexibility index (Phi) is 3.09. The van der Waals surface area contributed by atoms with Gasteiger partial charge in [-0.3, -0.25) is 4.79 Å². The summed E-state index contributed by atoms with van der Waals surface area (Å²) in [6.07, 6.45) is 6.71. The monoisotopic (exact) mass is 182 g/mol. The fraction of sp³-hybridized carbons (Fsp3) is 0.700. The van der Waals surface area contributed by atoms with Crippen molar-refractivity contribution in [3.8, 4) is 0 Å². The molecular weight excluding hydrogens is 164 g/mol. The van der Waals surface area contributed by atoms with Gasteiger partial charge in [0.25, 0.3) is 0 Å². The topological polar surface area (TPSA) is 55.1 Å². The summed E-state index contributed by atoms with van der Waals surface area (Å²) in [4.78, 5) is 11.6. The summed E-state index contributed by atoms with van der Waals surface area (Å²) >= 11 is 0. The van der Waals surface area contributed by atoms with Crippen molar-refractivity contribution < 1.29 is 4.79 Å². The Morgan fingerprint density at radius 3 is 2.62 bits per heavy atom. The Hall–Kier alpha value is -0.830. The molecule has 0 spiro atoms. The van der Waals surface area contributed by atoms with Crippen LogP contribution < -0.4 is 11.1 Å². The highest BCUT2D eigenvalue weighted by Gasteiger charge is 2.27. The van der Waals surface area contributed by atoms with Crippen LogP contribution >= 0.6 is 0 Å². The molecule has 1 amide bonds. The third-order valence-electron chi connectivity index (χ3n) is 2.60. The molecule has 0 saturated heterocycles. The van der Waals surface area contributed by atoms with Gasteiger partial charge in [-0.25, -0.2) is 0 Å². The van der Waals surface area contributed by atoms with Crippen molar-refractivity contribution >= 4 is 5.91 Å². The van der Waals surface area contributed by atoms with Gasteiger partial charge in [-0.05, 0) is 26.2 Å². The zero-order valence-corrected chi connectivity index (χ0v) is 8.34. The molecule has 0 aromatic heterocycles. The molecule has 0 bridgehead atoms. The largest absolute Gasteiger partial charge is 0.351 e. The van der Waals surface area contributed by atoms with E-state index >= 15 is 0 Å². The minimum Gasteiger partial charge on any atom is -0.351 e. The average Bonchev–Trinajstić information content (AvgIpc) is 2.57. The van der Waals surface area contributed by atoms with Gasteiger partial charge >= 0.3 is 0 Å². The summed E-state index contributed by atoms with van der Waals surface area (Å²) in [5.74, 6) is -0.0382. The van der Waals surface area contributed by atoms with Crippen LogP contribution in [0.2, 0.25) is 0 Å². The molecule has 1 unspecified atom stereocenters. The van der Waals surface area contributed by atoms with Crippen LogP contribution in [-0.2, 0) is 4.79 Å². The third kappa shape index (κ3) is 2.56. The number of nitrogens with one attached hydrogen (secondary N) is 1. The molecule has 3 nitrogen and oxygen atoms in total. The first-order valence-corrected chi connectivity index (χ1v) is 4.81. The number of carbonyl (C=O) groups excluding carboxylic acids is 1. The number of rotatable bonds is 3. The van der Waals surface area contributed by atoms with Crippen LogP contribution in [0.25, 0.3) is 0 Å². The standard InChI is InChI=1S/C10H18N2O/c1-3-10(2,11)9(13)12-8-6-4-5-7-8/h4-5,8H,3,6-7,11H2,1-2H3,(H,12,13). The summed E-state index contributed by atoms with van der Waals surface area (Å²) in [5.41, 5.74) is 5.09. The van der Waals surface area contributed by atoms with Crippen LogP contribution in [0.15, 0.2) is 12.2 Å². The SMILES string of the molecule is CCC(C)(N)C(=O)NC1CC=CC1. The fourth-order valence-corrected chi connectivity index (χ4v) is 1.25. The first-order valence-electron chi connectivity index (χ1n) is 4.81. The molecule has 0 aromatic rings. The van der Waals surface area contributed by atoms with E-state index in [4.69, 9.17) is 5.73 Å². The lowest BCUT2D eigenvalue weighted by molar-refractivity contribution is -0.126. The highest BCUT2D eigenvalue weighted by atomic mass is 16.2. The van der Waals surface area contributed by atoms with Gasteiger partial charge in [0.15, 0.2) is 0 Å². The van der Waals surface area contributed by atoms with Crippen LogP contribution in [-0.4, -0.2) is 17.5 Å². The van der Waals surface area contributed by atoms with E-state index in [0.29, 0.717) is 6.42 Å². The molecular formula is C10H18N2O. The van der Waals surface area contributed by atoms with Gasteiger partial charge in [0, 0.05) is 6.04 Å². The summed E-state index contributed by atoms with van der Waals surface area (Å²) in [5, 5.41) is 2.94.